The van der Waals surface area contributed by atoms with E-state index in [1.165, 1.54) is 0 Å². The topological polar surface area (TPSA) is 37.3 Å². The lowest BCUT2D eigenvalue weighted by atomic mass is 9.78. The van der Waals surface area contributed by atoms with Crippen LogP contribution >= 0.6 is 0 Å². The lowest BCUT2D eigenvalue weighted by Gasteiger charge is -2.26. The Morgan fingerprint density at radius 3 is 3.00 bits per heavy atom. The van der Waals surface area contributed by atoms with Crippen molar-refractivity contribution in [3.63, 3.8) is 0 Å². The number of aliphatic hydroxyl groups is 1. The molecule has 11 heavy (non-hydrogen) atoms. The maximum Gasteiger partial charge on any atom is 0.133 e. The van der Waals surface area contributed by atoms with Crippen LogP contribution in [0.25, 0.3) is 0 Å². The van der Waals surface area contributed by atoms with E-state index >= 15 is 0 Å². The molecule has 64 valence electrons. The van der Waals surface area contributed by atoms with E-state index in [0.717, 1.165) is 19.3 Å². The van der Waals surface area contributed by atoms with Crippen LogP contribution in [0.3, 0.4) is 0 Å². The molecule has 0 aromatic rings. The highest BCUT2D eigenvalue weighted by Gasteiger charge is 2.25. The van der Waals surface area contributed by atoms with E-state index in [1.54, 1.807) is 0 Å². The largest absolute Gasteiger partial charge is 0.396 e. The fourth-order valence-electron chi connectivity index (χ4n) is 1.77. The average molecular weight is 156 g/mol. The smallest absolute Gasteiger partial charge is 0.133 e. The number of hydrogen-bond donors (Lipinski definition) is 1. The molecule has 0 aliphatic heterocycles. The fourth-order valence-corrected chi connectivity index (χ4v) is 1.77. The molecule has 1 N–H and O–H groups in total. The standard InChI is InChI=1S/C9H16O2/c1-7-2-3-9(11)6-8(7)4-5-10/h7-8,10H,2-6H2,1H3. The summed E-state index contributed by atoms with van der Waals surface area (Å²) in [6.45, 7) is 2.40. The highest BCUT2D eigenvalue weighted by molar-refractivity contribution is 5.79. The first-order valence-corrected chi connectivity index (χ1v) is 4.36. The third-order valence-corrected chi connectivity index (χ3v) is 2.67. The van der Waals surface area contributed by atoms with Gasteiger partial charge in [0.2, 0.25) is 0 Å². The predicted octanol–water partition coefficient (Wildman–Crippen LogP) is 1.37. The summed E-state index contributed by atoms with van der Waals surface area (Å²) < 4.78 is 0. The van der Waals surface area contributed by atoms with Gasteiger partial charge in [0.05, 0.1) is 0 Å². The van der Waals surface area contributed by atoms with Gasteiger partial charge in [-0.1, -0.05) is 6.92 Å². The summed E-state index contributed by atoms with van der Waals surface area (Å²) in [6, 6.07) is 0. The molecule has 0 aromatic heterocycles. The Morgan fingerprint density at radius 2 is 2.36 bits per heavy atom. The fraction of sp³-hybridized carbons (Fsp3) is 0.889. The maximum atomic E-state index is 11.0. The van der Waals surface area contributed by atoms with Gasteiger partial charge >= 0.3 is 0 Å². The molecule has 0 spiro atoms. The van der Waals surface area contributed by atoms with E-state index < -0.39 is 0 Å². The molecule has 0 radical (unpaired) electrons. The Kier molecular flexibility index (Phi) is 3.06. The van der Waals surface area contributed by atoms with Crippen LogP contribution in [0.1, 0.15) is 32.6 Å². The van der Waals surface area contributed by atoms with Crippen molar-refractivity contribution in [2.45, 2.75) is 32.6 Å². The van der Waals surface area contributed by atoms with E-state index in [4.69, 9.17) is 5.11 Å². The van der Waals surface area contributed by atoms with Crippen LogP contribution in [-0.4, -0.2) is 17.5 Å². The van der Waals surface area contributed by atoms with Gasteiger partial charge in [-0.2, -0.15) is 0 Å². The van der Waals surface area contributed by atoms with Gasteiger partial charge in [-0.05, 0) is 24.7 Å². The monoisotopic (exact) mass is 156 g/mol. The van der Waals surface area contributed by atoms with E-state index in [-0.39, 0.29) is 6.61 Å². The zero-order valence-electron chi connectivity index (χ0n) is 7.05. The first-order valence-electron chi connectivity index (χ1n) is 4.36. The quantitative estimate of drug-likeness (QED) is 0.655. The molecule has 1 saturated carbocycles. The second kappa shape index (κ2) is 3.86. The SMILES string of the molecule is CC1CCC(=O)CC1CCO. The zero-order chi connectivity index (χ0) is 8.27. The second-order valence-electron chi connectivity index (χ2n) is 3.53. The Hall–Kier alpha value is -0.370. The van der Waals surface area contributed by atoms with E-state index in [2.05, 4.69) is 6.92 Å². The summed E-state index contributed by atoms with van der Waals surface area (Å²) in [4.78, 5) is 11.0. The summed E-state index contributed by atoms with van der Waals surface area (Å²) >= 11 is 0. The van der Waals surface area contributed by atoms with Gasteiger partial charge in [0.1, 0.15) is 5.78 Å². The summed E-state index contributed by atoms with van der Waals surface area (Å²) in [5.41, 5.74) is 0. The maximum absolute atomic E-state index is 11.0. The van der Waals surface area contributed by atoms with Gasteiger partial charge in [0, 0.05) is 19.4 Å². The van der Waals surface area contributed by atoms with E-state index in [9.17, 15) is 4.79 Å². The molecule has 1 aliphatic rings. The Morgan fingerprint density at radius 1 is 1.64 bits per heavy atom. The van der Waals surface area contributed by atoms with Crippen molar-refractivity contribution in [1.82, 2.24) is 0 Å². The minimum Gasteiger partial charge on any atom is -0.396 e. The van der Waals surface area contributed by atoms with Crippen molar-refractivity contribution < 1.29 is 9.90 Å². The third kappa shape index (κ3) is 2.29. The minimum absolute atomic E-state index is 0.224. The lowest BCUT2D eigenvalue weighted by Crippen LogP contribution is -2.23. The van der Waals surface area contributed by atoms with Gasteiger partial charge in [-0.25, -0.2) is 0 Å². The zero-order valence-corrected chi connectivity index (χ0v) is 7.05. The summed E-state index contributed by atoms with van der Waals surface area (Å²) in [6.07, 6.45) is 3.27. The van der Waals surface area contributed by atoms with E-state index in [1.807, 2.05) is 0 Å². The summed E-state index contributed by atoms with van der Waals surface area (Å²) in [7, 11) is 0. The summed E-state index contributed by atoms with van der Waals surface area (Å²) in [5, 5.41) is 8.71. The van der Waals surface area contributed by atoms with Crippen molar-refractivity contribution in [1.29, 1.82) is 0 Å². The van der Waals surface area contributed by atoms with Gasteiger partial charge in [0.15, 0.2) is 0 Å². The predicted molar refractivity (Wildman–Crippen MR) is 43.2 cm³/mol. The van der Waals surface area contributed by atoms with Crippen LogP contribution in [0, 0.1) is 11.8 Å². The normalized spacial score (nSPS) is 32.4. The molecule has 2 atom stereocenters. The highest BCUT2D eigenvalue weighted by Crippen LogP contribution is 2.29. The molecule has 0 heterocycles. The summed E-state index contributed by atoms with van der Waals surface area (Å²) in [5.74, 6) is 1.45. The Labute approximate surface area is 67.6 Å². The number of aliphatic hydroxyl groups excluding tert-OH is 1. The van der Waals surface area contributed by atoms with Crippen LogP contribution in [0.15, 0.2) is 0 Å². The third-order valence-electron chi connectivity index (χ3n) is 2.67. The van der Waals surface area contributed by atoms with Crippen molar-refractivity contribution in [3.05, 3.63) is 0 Å². The van der Waals surface area contributed by atoms with Crippen LogP contribution in [-0.2, 0) is 4.79 Å². The number of hydrogen-bond acceptors (Lipinski definition) is 2. The van der Waals surface area contributed by atoms with Gasteiger partial charge in [-0.15, -0.1) is 0 Å². The molecule has 1 rings (SSSR count). The molecule has 1 fully saturated rings. The molecule has 0 aromatic carbocycles. The molecular weight excluding hydrogens is 140 g/mol. The van der Waals surface area contributed by atoms with Crippen LogP contribution in [0.5, 0.6) is 0 Å². The molecule has 2 unspecified atom stereocenters. The highest BCUT2D eigenvalue weighted by atomic mass is 16.3. The number of rotatable bonds is 2. The lowest BCUT2D eigenvalue weighted by molar-refractivity contribution is -0.122. The minimum atomic E-state index is 0.224. The van der Waals surface area contributed by atoms with Crippen molar-refractivity contribution in [3.8, 4) is 0 Å². The number of carbonyl (C=O) groups is 1. The van der Waals surface area contributed by atoms with Gasteiger partial charge in [-0.3, -0.25) is 4.79 Å². The molecule has 1 aliphatic carbocycles. The van der Waals surface area contributed by atoms with Crippen LogP contribution < -0.4 is 0 Å². The molecular formula is C9H16O2. The van der Waals surface area contributed by atoms with Crippen LogP contribution in [0.2, 0.25) is 0 Å². The molecule has 0 amide bonds. The number of Topliss-reactive ketones (excluding diaryl/α,β-unsaturated/α-hetero) is 1. The molecule has 0 saturated heterocycles. The van der Waals surface area contributed by atoms with Gasteiger partial charge < -0.3 is 5.11 Å². The first kappa shape index (κ1) is 8.72. The van der Waals surface area contributed by atoms with Crippen molar-refractivity contribution >= 4 is 5.78 Å². The average Bonchev–Trinajstić information content (AvgIpc) is 1.98. The molecule has 2 nitrogen and oxygen atoms in total. The molecule has 0 bridgehead atoms. The van der Waals surface area contributed by atoms with Crippen molar-refractivity contribution in [2.75, 3.05) is 6.61 Å². The van der Waals surface area contributed by atoms with Gasteiger partial charge in [0.25, 0.3) is 0 Å². The first-order chi connectivity index (χ1) is 5.24. The number of ketones is 1. The van der Waals surface area contributed by atoms with Crippen LogP contribution in [0.4, 0.5) is 0 Å². The molecule has 2 heteroatoms. The Balaban J connectivity index is 2.40. The Bertz CT molecular complexity index is 142. The second-order valence-corrected chi connectivity index (χ2v) is 3.53. The van der Waals surface area contributed by atoms with E-state index in [0.29, 0.717) is 24.0 Å². The number of carbonyl (C=O) groups excluding carboxylic acids is 1. The van der Waals surface area contributed by atoms with Crippen molar-refractivity contribution in [2.24, 2.45) is 11.8 Å².